The first kappa shape index (κ1) is 15.1. The van der Waals surface area contributed by atoms with Crippen molar-refractivity contribution in [3.05, 3.63) is 46.7 Å². The van der Waals surface area contributed by atoms with Gasteiger partial charge >= 0.3 is 0 Å². The first-order chi connectivity index (χ1) is 10.8. The largest absolute Gasteiger partial charge is 0.377 e. The molecular weight excluding hydrogens is 298 g/mol. The van der Waals surface area contributed by atoms with Gasteiger partial charge in [0.1, 0.15) is 0 Å². The predicted octanol–water partition coefficient (Wildman–Crippen LogP) is 1.94. The van der Waals surface area contributed by atoms with Gasteiger partial charge in [-0.1, -0.05) is 0 Å². The maximum Gasteiger partial charge on any atom is 0.227 e. The van der Waals surface area contributed by atoms with Crippen LogP contribution in [-0.4, -0.2) is 46.6 Å². The van der Waals surface area contributed by atoms with Gasteiger partial charge in [0.2, 0.25) is 5.91 Å². The lowest BCUT2D eigenvalue weighted by Gasteiger charge is -2.35. The van der Waals surface area contributed by atoms with E-state index in [2.05, 4.69) is 9.97 Å². The molecule has 0 aliphatic carbocycles. The van der Waals surface area contributed by atoms with Crippen molar-refractivity contribution < 1.29 is 9.53 Å². The summed E-state index contributed by atoms with van der Waals surface area (Å²) >= 11 is 1.63. The Kier molecular flexibility index (Phi) is 5.13. The number of nitrogens with zero attached hydrogens (tertiary/aromatic N) is 3. The second-order valence-electron chi connectivity index (χ2n) is 5.36. The third-order valence-corrected chi connectivity index (χ3v) is 4.57. The zero-order chi connectivity index (χ0) is 15.2. The Balaban J connectivity index is 1.59. The average molecular weight is 317 g/mol. The lowest BCUT2D eigenvalue weighted by Crippen LogP contribution is -2.49. The minimum absolute atomic E-state index is 0.127. The molecule has 2 aromatic rings. The van der Waals surface area contributed by atoms with Crippen molar-refractivity contribution in [3.8, 4) is 0 Å². The molecule has 6 heteroatoms. The van der Waals surface area contributed by atoms with Crippen LogP contribution in [0.5, 0.6) is 0 Å². The Morgan fingerprint density at radius 3 is 3.18 bits per heavy atom. The monoisotopic (exact) mass is 317 g/mol. The lowest BCUT2D eigenvalue weighted by molar-refractivity contribution is -0.139. The summed E-state index contributed by atoms with van der Waals surface area (Å²) in [5.74, 6) is 0.186. The highest BCUT2D eigenvalue weighted by Gasteiger charge is 2.27. The summed E-state index contributed by atoms with van der Waals surface area (Å²) in [6.45, 7) is 1.90. The minimum Gasteiger partial charge on any atom is -0.377 e. The Hall–Kier alpha value is -1.79. The first-order valence-electron chi connectivity index (χ1n) is 7.46. The number of carbonyl (C=O) groups excluding carboxylic acids is 1. The fraction of sp³-hybridized carbons (Fsp3) is 0.438. The number of aromatic nitrogens is 2. The standard InChI is InChI=1S/C16H19N3O2S/c20-16(9-13-3-8-22-12-13)19-6-7-21-11-15(19)2-1-14-10-17-4-5-18-14/h3-5,8,10,12,15H,1-2,6-7,9,11H2/t15-/m1/s1. The molecule has 22 heavy (non-hydrogen) atoms. The second kappa shape index (κ2) is 7.47. The van der Waals surface area contributed by atoms with E-state index in [4.69, 9.17) is 4.74 Å². The summed E-state index contributed by atoms with van der Waals surface area (Å²) in [5, 5.41) is 4.04. The molecule has 0 bridgehead atoms. The van der Waals surface area contributed by atoms with Gasteiger partial charge in [0.15, 0.2) is 0 Å². The van der Waals surface area contributed by atoms with Gasteiger partial charge in [-0.3, -0.25) is 14.8 Å². The van der Waals surface area contributed by atoms with Crippen molar-refractivity contribution in [3.63, 3.8) is 0 Å². The molecule has 0 aromatic carbocycles. The molecule has 3 heterocycles. The number of carbonyl (C=O) groups is 1. The van der Waals surface area contributed by atoms with E-state index < -0.39 is 0 Å². The van der Waals surface area contributed by atoms with Gasteiger partial charge in [0, 0.05) is 25.1 Å². The summed E-state index contributed by atoms with van der Waals surface area (Å²) in [6, 6.07) is 2.14. The zero-order valence-electron chi connectivity index (χ0n) is 12.4. The summed E-state index contributed by atoms with van der Waals surface area (Å²) in [4.78, 5) is 22.9. The van der Waals surface area contributed by atoms with E-state index in [0.29, 0.717) is 26.2 Å². The first-order valence-corrected chi connectivity index (χ1v) is 8.40. The van der Waals surface area contributed by atoms with Crippen molar-refractivity contribution in [1.82, 2.24) is 14.9 Å². The minimum atomic E-state index is 0.127. The van der Waals surface area contributed by atoms with Crippen molar-refractivity contribution in [1.29, 1.82) is 0 Å². The predicted molar refractivity (Wildman–Crippen MR) is 84.7 cm³/mol. The van der Waals surface area contributed by atoms with Gasteiger partial charge in [-0.15, -0.1) is 0 Å². The van der Waals surface area contributed by atoms with Crippen LogP contribution < -0.4 is 0 Å². The molecular formula is C16H19N3O2S. The Labute approximate surface area is 134 Å². The highest BCUT2D eigenvalue weighted by Crippen LogP contribution is 2.16. The van der Waals surface area contributed by atoms with Gasteiger partial charge in [0.05, 0.1) is 31.4 Å². The number of rotatable bonds is 5. The molecule has 0 radical (unpaired) electrons. The average Bonchev–Trinajstić information content (AvgIpc) is 3.07. The normalized spacial score (nSPS) is 18.4. The number of aryl methyl sites for hydroxylation is 1. The molecule has 1 amide bonds. The molecule has 116 valence electrons. The number of thiophene rings is 1. The summed E-state index contributed by atoms with van der Waals surface area (Å²) in [5.41, 5.74) is 2.05. The Morgan fingerprint density at radius 1 is 1.45 bits per heavy atom. The topological polar surface area (TPSA) is 55.3 Å². The highest BCUT2D eigenvalue weighted by atomic mass is 32.1. The van der Waals surface area contributed by atoms with Crippen LogP contribution in [0.2, 0.25) is 0 Å². The van der Waals surface area contributed by atoms with Crippen LogP contribution in [0, 0.1) is 0 Å². The van der Waals surface area contributed by atoms with E-state index in [-0.39, 0.29) is 11.9 Å². The van der Waals surface area contributed by atoms with Gasteiger partial charge in [-0.05, 0) is 35.2 Å². The summed E-state index contributed by atoms with van der Waals surface area (Å²) in [7, 11) is 0. The molecule has 1 aliphatic heterocycles. The lowest BCUT2D eigenvalue weighted by atomic mass is 10.1. The van der Waals surface area contributed by atoms with E-state index in [0.717, 1.165) is 24.1 Å². The number of morpholine rings is 1. The van der Waals surface area contributed by atoms with Gasteiger partial charge < -0.3 is 9.64 Å². The van der Waals surface area contributed by atoms with Crippen LogP contribution in [0.4, 0.5) is 0 Å². The fourth-order valence-corrected chi connectivity index (χ4v) is 3.33. The molecule has 1 saturated heterocycles. The Morgan fingerprint density at radius 2 is 2.41 bits per heavy atom. The van der Waals surface area contributed by atoms with Gasteiger partial charge in [-0.25, -0.2) is 0 Å². The molecule has 0 N–H and O–H groups in total. The molecule has 5 nitrogen and oxygen atoms in total. The quantitative estimate of drug-likeness (QED) is 0.846. The van der Waals surface area contributed by atoms with E-state index >= 15 is 0 Å². The number of ether oxygens (including phenoxy) is 1. The van der Waals surface area contributed by atoms with Crippen LogP contribution in [0.3, 0.4) is 0 Å². The summed E-state index contributed by atoms with van der Waals surface area (Å²) < 4.78 is 5.56. The highest BCUT2D eigenvalue weighted by molar-refractivity contribution is 7.07. The number of hydrogen-bond donors (Lipinski definition) is 0. The fourth-order valence-electron chi connectivity index (χ4n) is 2.67. The van der Waals surface area contributed by atoms with Crippen LogP contribution in [0.25, 0.3) is 0 Å². The molecule has 3 rings (SSSR count). The molecule has 0 spiro atoms. The molecule has 1 fully saturated rings. The zero-order valence-corrected chi connectivity index (χ0v) is 13.2. The SMILES string of the molecule is O=C(Cc1ccsc1)N1CCOC[C@H]1CCc1cnccn1. The molecule has 1 atom stereocenters. The maximum atomic E-state index is 12.5. The molecule has 2 aromatic heterocycles. The Bertz CT molecular complexity index is 589. The van der Waals surface area contributed by atoms with Crippen LogP contribution in [-0.2, 0) is 22.4 Å². The number of amides is 1. The van der Waals surface area contributed by atoms with Crippen molar-refractivity contribution in [2.24, 2.45) is 0 Å². The van der Waals surface area contributed by atoms with Gasteiger partial charge in [0.25, 0.3) is 0 Å². The smallest absolute Gasteiger partial charge is 0.227 e. The van der Waals surface area contributed by atoms with Crippen molar-refractivity contribution in [2.75, 3.05) is 19.8 Å². The number of hydrogen-bond acceptors (Lipinski definition) is 5. The third-order valence-electron chi connectivity index (χ3n) is 3.83. The van der Waals surface area contributed by atoms with E-state index in [1.54, 1.807) is 29.9 Å². The molecule has 0 saturated carbocycles. The van der Waals surface area contributed by atoms with E-state index in [1.807, 2.05) is 21.7 Å². The second-order valence-corrected chi connectivity index (χ2v) is 6.14. The van der Waals surface area contributed by atoms with Crippen LogP contribution in [0.15, 0.2) is 35.4 Å². The molecule has 0 unspecified atom stereocenters. The van der Waals surface area contributed by atoms with Gasteiger partial charge in [-0.2, -0.15) is 11.3 Å². The van der Waals surface area contributed by atoms with Crippen molar-refractivity contribution >= 4 is 17.2 Å². The van der Waals surface area contributed by atoms with Crippen LogP contribution >= 0.6 is 11.3 Å². The maximum absolute atomic E-state index is 12.5. The van der Waals surface area contributed by atoms with E-state index in [1.165, 1.54) is 0 Å². The summed E-state index contributed by atoms with van der Waals surface area (Å²) in [6.07, 6.45) is 7.29. The molecule has 1 aliphatic rings. The van der Waals surface area contributed by atoms with E-state index in [9.17, 15) is 4.79 Å². The van der Waals surface area contributed by atoms with Crippen molar-refractivity contribution in [2.45, 2.75) is 25.3 Å². The third kappa shape index (κ3) is 3.90. The van der Waals surface area contributed by atoms with Crippen LogP contribution in [0.1, 0.15) is 17.7 Å².